The predicted molar refractivity (Wildman–Crippen MR) is 194 cm³/mol. The van der Waals surface area contributed by atoms with E-state index in [4.69, 9.17) is 4.74 Å². The lowest BCUT2D eigenvalue weighted by Gasteiger charge is -2.14. The van der Waals surface area contributed by atoms with E-state index in [1.807, 2.05) is 91.9 Å². The Bertz CT molecular complexity index is 1860. The largest absolute Gasteiger partial charge is 0.457 e. The van der Waals surface area contributed by atoms with Crippen molar-refractivity contribution in [3.63, 3.8) is 0 Å². The lowest BCUT2D eigenvalue weighted by Crippen LogP contribution is -2.30. The van der Waals surface area contributed by atoms with E-state index in [1.54, 1.807) is 54.6 Å². The first-order valence-electron chi connectivity index (χ1n) is 15.6. The molecule has 0 fully saturated rings. The second kappa shape index (κ2) is 16.3. The van der Waals surface area contributed by atoms with E-state index in [-0.39, 0.29) is 22.8 Å². The van der Waals surface area contributed by atoms with Crippen molar-refractivity contribution in [3.8, 4) is 11.5 Å². The maximum Gasteiger partial charge on any atom is 0.272 e. The third-order valence-electron chi connectivity index (χ3n) is 7.34. The van der Waals surface area contributed by atoms with Crippen molar-refractivity contribution in [1.82, 2.24) is 5.32 Å². The van der Waals surface area contributed by atoms with E-state index < -0.39 is 5.91 Å². The number of hydrogen-bond donors (Lipinski definition) is 3. The number of ether oxygens (including phenoxy) is 1. The fourth-order valence-electron chi connectivity index (χ4n) is 4.63. The molecule has 8 heteroatoms. The molecule has 3 amide bonds. The summed E-state index contributed by atoms with van der Waals surface area (Å²) in [6.07, 6.45) is 1.66. The van der Waals surface area contributed by atoms with Gasteiger partial charge in [-0.25, -0.2) is 0 Å². The molecule has 5 aromatic rings. The molecular formula is C40H37N3O4S. The Morgan fingerprint density at radius 1 is 0.646 bits per heavy atom. The van der Waals surface area contributed by atoms with Gasteiger partial charge in [-0.2, -0.15) is 0 Å². The summed E-state index contributed by atoms with van der Waals surface area (Å²) < 4.78 is 5.82. The van der Waals surface area contributed by atoms with E-state index >= 15 is 0 Å². The highest BCUT2D eigenvalue weighted by Gasteiger charge is 2.17. The number of amides is 3. The summed E-state index contributed by atoms with van der Waals surface area (Å²) >= 11 is 1.40. The molecular weight excluding hydrogens is 619 g/mol. The van der Waals surface area contributed by atoms with Crippen molar-refractivity contribution < 1.29 is 19.1 Å². The van der Waals surface area contributed by atoms with Gasteiger partial charge in [0.15, 0.2) is 0 Å². The zero-order valence-corrected chi connectivity index (χ0v) is 27.8. The molecule has 0 heterocycles. The van der Waals surface area contributed by atoms with E-state index in [1.165, 1.54) is 17.3 Å². The topological polar surface area (TPSA) is 96.5 Å². The lowest BCUT2D eigenvalue weighted by molar-refractivity contribution is -0.115. The van der Waals surface area contributed by atoms with Crippen LogP contribution in [0.25, 0.3) is 6.08 Å². The van der Waals surface area contributed by atoms with Gasteiger partial charge in [-0.15, -0.1) is 11.8 Å². The standard InChI is InChI=1S/C40H37N3O4S/c1-27(2)30-16-14-29(15-17-30)26-37(43-39(45)31-10-6-4-7-11-31)40(46)42-33-20-24-36(25-21-33)48-28(3)38(44)41-32-18-22-35(23-19-32)47-34-12-8-5-9-13-34/h4-28H,1-3H3,(H,41,44)(H,42,46)(H,43,45)/b37-26-. The molecule has 0 saturated heterocycles. The Hall–Kier alpha value is -5.60. The quantitative estimate of drug-likeness (QED) is 0.0920. The van der Waals surface area contributed by atoms with Gasteiger partial charge in [0.2, 0.25) is 5.91 Å². The maximum atomic E-state index is 13.4. The smallest absolute Gasteiger partial charge is 0.272 e. The van der Waals surface area contributed by atoms with Gasteiger partial charge in [0, 0.05) is 21.8 Å². The molecule has 3 N–H and O–H groups in total. The maximum absolute atomic E-state index is 13.4. The molecule has 1 unspecified atom stereocenters. The molecule has 5 rings (SSSR count). The fourth-order valence-corrected chi connectivity index (χ4v) is 5.50. The Kier molecular flexibility index (Phi) is 11.5. The highest BCUT2D eigenvalue weighted by atomic mass is 32.2. The molecule has 0 radical (unpaired) electrons. The molecule has 0 spiro atoms. The number of anilines is 2. The van der Waals surface area contributed by atoms with E-state index in [0.717, 1.165) is 16.2 Å². The van der Waals surface area contributed by atoms with Crippen LogP contribution in [-0.2, 0) is 9.59 Å². The van der Waals surface area contributed by atoms with Crippen molar-refractivity contribution >= 4 is 46.9 Å². The second-order valence-corrected chi connectivity index (χ2v) is 12.8. The molecule has 0 aliphatic rings. The molecule has 5 aromatic carbocycles. The van der Waals surface area contributed by atoms with Crippen LogP contribution in [0.15, 0.2) is 144 Å². The summed E-state index contributed by atoms with van der Waals surface area (Å²) in [7, 11) is 0. The highest BCUT2D eigenvalue weighted by Crippen LogP contribution is 2.27. The highest BCUT2D eigenvalue weighted by molar-refractivity contribution is 8.00. The molecule has 0 bridgehead atoms. The SMILES string of the molecule is CC(Sc1ccc(NC(=O)/C(=C/c2ccc(C(C)C)cc2)NC(=O)c2ccccc2)cc1)C(=O)Nc1ccc(Oc2ccccc2)cc1. The van der Waals surface area contributed by atoms with E-state index in [0.29, 0.717) is 28.6 Å². The average Bonchev–Trinajstić information content (AvgIpc) is 3.10. The predicted octanol–water partition coefficient (Wildman–Crippen LogP) is 9.13. The van der Waals surface area contributed by atoms with Crippen LogP contribution in [-0.4, -0.2) is 23.0 Å². The summed E-state index contributed by atoms with van der Waals surface area (Å²) in [5.74, 6) is 0.811. The zero-order chi connectivity index (χ0) is 33.9. The number of carbonyl (C=O) groups is 3. The summed E-state index contributed by atoms with van der Waals surface area (Å²) in [5.41, 5.74) is 3.75. The Labute approximate surface area is 285 Å². The van der Waals surface area contributed by atoms with Crippen LogP contribution in [0, 0.1) is 0 Å². The number of para-hydroxylation sites is 1. The Balaban J connectivity index is 1.19. The van der Waals surface area contributed by atoms with Gasteiger partial charge in [-0.3, -0.25) is 14.4 Å². The fraction of sp³-hybridized carbons (Fsp3) is 0.125. The molecule has 0 aliphatic carbocycles. The van der Waals surface area contributed by atoms with Gasteiger partial charge >= 0.3 is 0 Å². The van der Waals surface area contributed by atoms with Crippen LogP contribution in [0.1, 0.15) is 48.2 Å². The lowest BCUT2D eigenvalue weighted by atomic mass is 10.0. The first kappa shape index (κ1) is 33.8. The molecule has 242 valence electrons. The van der Waals surface area contributed by atoms with Crippen molar-refractivity contribution in [1.29, 1.82) is 0 Å². The molecule has 7 nitrogen and oxygen atoms in total. The average molecular weight is 656 g/mol. The molecule has 0 saturated carbocycles. The van der Waals surface area contributed by atoms with Crippen molar-refractivity contribution in [2.24, 2.45) is 0 Å². The summed E-state index contributed by atoms with van der Waals surface area (Å²) in [6.45, 7) is 6.07. The van der Waals surface area contributed by atoms with Crippen molar-refractivity contribution in [3.05, 3.63) is 156 Å². The van der Waals surface area contributed by atoms with Gasteiger partial charge in [0.05, 0.1) is 5.25 Å². The normalized spacial score (nSPS) is 11.8. The first-order valence-corrected chi connectivity index (χ1v) is 16.5. The van der Waals surface area contributed by atoms with Gasteiger partial charge < -0.3 is 20.7 Å². The molecule has 48 heavy (non-hydrogen) atoms. The monoisotopic (exact) mass is 655 g/mol. The minimum Gasteiger partial charge on any atom is -0.457 e. The van der Waals surface area contributed by atoms with Gasteiger partial charge in [0.25, 0.3) is 11.8 Å². The van der Waals surface area contributed by atoms with Crippen molar-refractivity contribution in [2.45, 2.75) is 36.8 Å². The third-order valence-corrected chi connectivity index (χ3v) is 8.45. The third kappa shape index (κ3) is 9.70. The number of nitrogens with one attached hydrogen (secondary N) is 3. The van der Waals surface area contributed by atoms with Gasteiger partial charge in [0.1, 0.15) is 17.2 Å². The Morgan fingerprint density at radius 3 is 1.83 bits per heavy atom. The van der Waals surface area contributed by atoms with Crippen LogP contribution < -0.4 is 20.7 Å². The van der Waals surface area contributed by atoms with E-state index in [9.17, 15) is 14.4 Å². The van der Waals surface area contributed by atoms with Crippen LogP contribution >= 0.6 is 11.8 Å². The number of benzene rings is 5. The first-order chi connectivity index (χ1) is 23.2. The summed E-state index contributed by atoms with van der Waals surface area (Å²) in [6, 6.07) is 40.6. The van der Waals surface area contributed by atoms with Crippen LogP contribution in [0.2, 0.25) is 0 Å². The minimum atomic E-state index is -0.458. The molecule has 1 atom stereocenters. The molecule has 0 aliphatic heterocycles. The van der Waals surface area contributed by atoms with Crippen molar-refractivity contribution in [2.75, 3.05) is 10.6 Å². The second-order valence-electron chi connectivity index (χ2n) is 11.4. The van der Waals surface area contributed by atoms with Crippen LogP contribution in [0.5, 0.6) is 11.5 Å². The minimum absolute atomic E-state index is 0.115. The number of hydrogen-bond acceptors (Lipinski definition) is 5. The van der Waals surface area contributed by atoms with Crippen LogP contribution in [0.3, 0.4) is 0 Å². The Morgan fingerprint density at radius 2 is 1.21 bits per heavy atom. The number of rotatable bonds is 12. The zero-order valence-electron chi connectivity index (χ0n) is 27.0. The number of carbonyl (C=O) groups excluding carboxylic acids is 3. The van der Waals surface area contributed by atoms with Gasteiger partial charge in [-0.1, -0.05) is 74.5 Å². The number of thioether (sulfide) groups is 1. The summed E-state index contributed by atoms with van der Waals surface area (Å²) in [4.78, 5) is 40.2. The molecule has 0 aromatic heterocycles. The van der Waals surface area contributed by atoms with Gasteiger partial charge in [-0.05, 0) is 103 Å². The van der Waals surface area contributed by atoms with Crippen LogP contribution in [0.4, 0.5) is 11.4 Å². The summed E-state index contributed by atoms with van der Waals surface area (Å²) in [5, 5.41) is 8.23. The van der Waals surface area contributed by atoms with E-state index in [2.05, 4.69) is 29.8 Å².